The molecule has 0 unspecified atom stereocenters. The molecule has 0 saturated carbocycles. The first-order valence-electron chi connectivity index (χ1n) is 9.53. The molecule has 5 heteroatoms. The van der Waals surface area contributed by atoms with Crippen LogP contribution in [0.15, 0.2) is 54.6 Å². The number of aryl methyl sites for hydroxylation is 1. The fraction of sp³-hybridized carbons (Fsp3) is 0.364. The number of rotatable bonds is 3. The van der Waals surface area contributed by atoms with Crippen LogP contribution in [0.1, 0.15) is 35.2 Å². The van der Waals surface area contributed by atoms with E-state index in [9.17, 15) is 9.59 Å². The zero-order chi connectivity index (χ0) is 18.7. The molecule has 2 aliphatic heterocycles. The number of piperidine rings is 1. The fourth-order valence-electron chi connectivity index (χ4n) is 3.94. The molecule has 1 N–H and O–H groups in total. The van der Waals surface area contributed by atoms with Gasteiger partial charge in [-0.3, -0.25) is 9.59 Å². The van der Waals surface area contributed by atoms with Gasteiger partial charge >= 0.3 is 0 Å². The summed E-state index contributed by atoms with van der Waals surface area (Å²) >= 11 is 0. The number of fused-ring (bicyclic) bond motifs is 1. The molecule has 1 atom stereocenters. The monoisotopic (exact) mass is 364 g/mol. The number of benzene rings is 2. The standard InChI is InChI=1S/C22H24N2O3/c25-20(12-11-17-7-2-1-3-8-17)24-14-6-13-22(16-24)15-23-21(26)18-9-4-5-10-19(18)27-22/h1-5,7-10H,6,11-16H2,(H,23,26)/t22-/m0/s1. The minimum Gasteiger partial charge on any atom is -0.483 e. The van der Waals surface area contributed by atoms with Crippen molar-refractivity contribution >= 4 is 11.8 Å². The molecular formula is C22H24N2O3. The van der Waals surface area contributed by atoms with Gasteiger partial charge in [-0.05, 0) is 37.0 Å². The lowest BCUT2D eigenvalue weighted by Gasteiger charge is -2.42. The van der Waals surface area contributed by atoms with Crippen molar-refractivity contribution < 1.29 is 14.3 Å². The van der Waals surface area contributed by atoms with E-state index in [2.05, 4.69) is 5.32 Å². The largest absolute Gasteiger partial charge is 0.483 e. The second kappa shape index (κ2) is 7.43. The van der Waals surface area contributed by atoms with E-state index in [1.807, 2.05) is 53.4 Å². The molecule has 0 bridgehead atoms. The summed E-state index contributed by atoms with van der Waals surface area (Å²) in [5.74, 6) is 0.631. The van der Waals surface area contributed by atoms with Crippen LogP contribution in [0.25, 0.3) is 0 Å². The van der Waals surface area contributed by atoms with Gasteiger partial charge in [0.2, 0.25) is 5.91 Å². The molecule has 5 nitrogen and oxygen atoms in total. The summed E-state index contributed by atoms with van der Waals surface area (Å²) in [4.78, 5) is 27.0. The molecule has 0 radical (unpaired) electrons. The van der Waals surface area contributed by atoms with Gasteiger partial charge in [-0.2, -0.15) is 0 Å². The van der Waals surface area contributed by atoms with Gasteiger partial charge in [-0.15, -0.1) is 0 Å². The summed E-state index contributed by atoms with van der Waals surface area (Å²) in [7, 11) is 0. The van der Waals surface area contributed by atoms with Crippen LogP contribution in [0.5, 0.6) is 5.75 Å². The predicted octanol–water partition coefficient (Wildman–Crippen LogP) is 2.80. The van der Waals surface area contributed by atoms with Crippen LogP contribution in [0.4, 0.5) is 0 Å². The van der Waals surface area contributed by atoms with Gasteiger partial charge in [0.25, 0.3) is 5.91 Å². The first kappa shape index (κ1) is 17.6. The van der Waals surface area contributed by atoms with Crippen LogP contribution in [0.2, 0.25) is 0 Å². The van der Waals surface area contributed by atoms with Crippen LogP contribution >= 0.6 is 0 Å². The number of nitrogens with zero attached hydrogens (tertiary/aromatic N) is 1. The second-order valence-electron chi connectivity index (χ2n) is 7.37. The number of nitrogens with one attached hydrogen (secondary N) is 1. The molecule has 2 heterocycles. The Morgan fingerprint density at radius 2 is 1.89 bits per heavy atom. The van der Waals surface area contributed by atoms with Crippen molar-refractivity contribution in [1.29, 1.82) is 0 Å². The highest BCUT2D eigenvalue weighted by Crippen LogP contribution is 2.32. The molecule has 0 aromatic heterocycles. The first-order valence-corrected chi connectivity index (χ1v) is 9.53. The van der Waals surface area contributed by atoms with Crippen LogP contribution in [0.3, 0.4) is 0 Å². The van der Waals surface area contributed by atoms with Crippen LogP contribution in [-0.2, 0) is 11.2 Å². The van der Waals surface area contributed by atoms with Gasteiger partial charge in [0, 0.05) is 13.0 Å². The molecule has 1 fully saturated rings. The van der Waals surface area contributed by atoms with E-state index in [1.54, 1.807) is 6.07 Å². The lowest BCUT2D eigenvalue weighted by atomic mass is 9.92. The molecule has 140 valence electrons. The van der Waals surface area contributed by atoms with Crippen LogP contribution < -0.4 is 10.1 Å². The van der Waals surface area contributed by atoms with Crippen molar-refractivity contribution in [2.45, 2.75) is 31.3 Å². The SMILES string of the molecule is O=C1NC[C@]2(CCCN(C(=O)CCc3ccccc3)C2)Oc2ccccc21. The molecule has 2 aromatic rings. The van der Waals surface area contributed by atoms with E-state index in [1.165, 1.54) is 5.56 Å². The van der Waals surface area contributed by atoms with Crippen molar-refractivity contribution in [2.75, 3.05) is 19.6 Å². The van der Waals surface area contributed by atoms with Gasteiger partial charge in [-0.1, -0.05) is 42.5 Å². The van der Waals surface area contributed by atoms with E-state index in [-0.39, 0.29) is 11.8 Å². The van der Waals surface area contributed by atoms with Gasteiger partial charge in [0.1, 0.15) is 11.4 Å². The smallest absolute Gasteiger partial charge is 0.255 e. The van der Waals surface area contributed by atoms with E-state index in [0.717, 1.165) is 25.8 Å². The van der Waals surface area contributed by atoms with Crippen molar-refractivity contribution in [3.63, 3.8) is 0 Å². The molecule has 1 saturated heterocycles. The number of amides is 2. The average Bonchev–Trinajstić information content (AvgIpc) is 2.84. The van der Waals surface area contributed by atoms with Crippen molar-refractivity contribution in [3.8, 4) is 5.75 Å². The number of hydrogen-bond donors (Lipinski definition) is 1. The summed E-state index contributed by atoms with van der Waals surface area (Å²) in [6.07, 6.45) is 2.92. The minimum atomic E-state index is -0.553. The molecule has 2 aliphatic rings. The zero-order valence-corrected chi connectivity index (χ0v) is 15.3. The number of likely N-dealkylation sites (tertiary alicyclic amines) is 1. The number of carbonyl (C=O) groups is 2. The van der Waals surface area contributed by atoms with Crippen molar-refractivity contribution in [1.82, 2.24) is 10.2 Å². The Bertz CT molecular complexity index is 836. The maximum atomic E-state index is 12.8. The Balaban J connectivity index is 1.46. The van der Waals surface area contributed by atoms with E-state index in [0.29, 0.717) is 30.8 Å². The summed E-state index contributed by atoms with van der Waals surface area (Å²) in [6, 6.07) is 17.4. The maximum absolute atomic E-state index is 12.8. The minimum absolute atomic E-state index is 0.116. The Labute approximate surface area is 159 Å². The quantitative estimate of drug-likeness (QED) is 0.911. The Kier molecular flexibility index (Phi) is 4.84. The van der Waals surface area contributed by atoms with Crippen LogP contribution in [0, 0.1) is 0 Å². The highest BCUT2D eigenvalue weighted by molar-refractivity contribution is 5.97. The third kappa shape index (κ3) is 3.82. The summed E-state index contributed by atoms with van der Waals surface area (Å²) in [5.41, 5.74) is 1.18. The molecule has 0 aliphatic carbocycles. The summed E-state index contributed by atoms with van der Waals surface area (Å²) < 4.78 is 6.32. The molecular weight excluding hydrogens is 340 g/mol. The Morgan fingerprint density at radius 1 is 1.11 bits per heavy atom. The normalized spacial score (nSPS) is 21.8. The maximum Gasteiger partial charge on any atom is 0.255 e. The fourth-order valence-corrected chi connectivity index (χ4v) is 3.94. The molecule has 2 amide bonds. The van der Waals surface area contributed by atoms with Crippen molar-refractivity contribution in [3.05, 3.63) is 65.7 Å². The van der Waals surface area contributed by atoms with Gasteiger partial charge < -0.3 is 15.0 Å². The third-order valence-corrected chi connectivity index (χ3v) is 5.39. The highest BCUT2D eigenvalue weighted by Gasteiger charge is 2.41. The van der Waals surface area contributed by atoms with Crippen molar-refractivity contribution in [2.24, 2.45) is 0 Å². The summed E-state index contributed by atoms with van der Waals surface area (Å²) in [6.45, 7) is 1.67. The first-order chi connectivity index (χ1) is 13.2. The number of ether oxygens (including phenoxy) is 1. The average molecular weight is 364 g/mol. The van der Waals surface area contributed by atoms with Gasteiger partial charge in [0.15, 0.2) is 0 Å². The third-order valence-electron chi connectivity index (χ3n) is 5.39. The molecule has 27 heavy (non-hydrogen) atoms. The summed E-state index contributed by atoms with van der Waals surface area (Å²) in [5, 5.41) is 2.98. The van der Waals surface area contributed by atoms with Crippen LogP contribution in [-0.4, -0.2) is 41.9 Å². The predicted molar refractivity (Wildman–Crippen MR) is 103 cm³/mol. The Hall–Kier alpha value is -2.82. The number of hydrogen-bond acceptors (Lipinski definition) is 3. The molecule has 1 spiro atoms. The lowest BCUT2D eigenvalue weighted by molar-refractivity contribution is -0.136. The van der Waals surface area contributed by atoms with E-state index in [4.69, 9.17) is 4.74 Å². The van der Waals surface area contributed by atoms with E-state index >= 15 is 0 Å². The van der Waals surface area contributed by atoms with Gasteiger partial charge in [0.05, 0.1) is 18.7 Å². The number of para-hydroxylation sites is 1. The molecule has 4 rings (SSSR count). The Morgan fingerprint density at radius 3 is 2.74 bits per heavy atom. The zero-order valence-electron chi connectivity index (χ0n) is 15.3. The molecule has 2 aromatic carbocycles. The lowest BCUT2D eigenvalue weighted by Crippen LogP contribution is -2.57. The number of carbonyl (C=O) groups excluding carboxylic acids is 2. The topological polar surface area (TPSA) is 58.6 Å². The van der Waals surface area contributed by atoms with E-state index < -0.39 is 5.60 Å². The second-order valence-corrected chi connectivity index (χ2v) is 7.37. The highest BCUT2D eigenvalue weighted by atomic mass is 16.5. The van der Waals surface area contributed by atoms with Gasteiger partial charge in [-0.25, -0.2) is 0 Å².